The number of nitrogens with one attached hydrogen (secondary N) is 2. The summed E-state index contributed by atoms with van der Waals surface area (Å²) in [6.45, 7) is 6.54. The minimum atomic E-state index is -0.228. The number of halogens is 1. The molecule has 1 saturated heterocycles. The molecule has 26 heavy (non-hydrogen) atoms. The summed E-state index contributed by atoms with van der Waals surface area (Å²) in [7, 11) is 0. The summed E-state index contributed by atoms with van der Waals surface area (Å²) in [5.74, 6) is 0.604. The van der Waals surface area contributed by atoms with Crippen molar-refractivity contribution < 1.29 is 9.53 Å². The van der Waals surface area contributed by atoms with Crippen LogP contribution in [-0.4, -0.2) is 48.3 Å². The molecule has 1 aliphatic heterocycles. The van der Waals surface area contributed by atoms with Gasteiger partial charge in [-0.25, -0.2) is 14.8 Å². The Morgan fingerprint density at radius 2 is 2.12 bits per heavy atom. The average molecular weight is 376 g/mol. The Labute approximate surface area is 157 Å². The van der Waals surface area contributed by atoms with Crippen LogP contribution in [0.3, 0.4) is 0 Å². The Bertz CT molecular complexity index is 769. The maximum atomic E-state index is 11.6. The molecule has 0 aliphatic carbocycles. The minimum Gasteiger partial charge on any atom is -0.377 e. The van der Waals surface area contributed by atoms with Crippen LogP contribution in [0, 0.1) is 0 Å². The van der Waals surface area contributed by atoms with Crippen LogP contribution in [0.25, 0.3) is 11.3 Å². The smallest absolute Gasteiger partial charge is 0.319 e. The molecule has 1 atom stereocenters. The van der Waals surface area contributed by atoms with Crippen LogP contribution in [0.5, 0.6) is 0 Å². The van der Waals surface area contributed by atoms with Crippen molar-refractivity contribution in [3.05, 3.63) is 35.5 Å². The molecule has 0 unspecified atom stereocenters. The molecule has 8 heteroatoms. The molecule has 0 radical (unpaired) electrons. The summed E-state index contributed by atoms with van der Waals surface area (Å²) in [6, 6.07) is 9.16. The van der Waals surface area contributed by atoms with E-state index in [2.05, 4.69) is 32.4 Å². The van der Waals surface area contributed by atoms with E-state index < -0.39 is 0 Å². The molecule has 0 saturated carbocycles. The molecule has 1 aromatic heterocycles. The highest BCUT2D eigenvalue weighted by Crippen LogP contribution is 2.25. The summed E-state index contributed by atoms with van der Waals surface area (Å²) in [6.07, 6.45) is 0. The van der Waals surface area contributed by atoms with E-state index >= 15 is 0 Å². The predicted octanol–water partition coefficient (Wildman–Crippen LogP) is 3.16. The van der Waals surface area contributed by atoms with Gasteiger partial charge >= 0.3 is 6.03 Å². The van der Waals surface area contributed by atoms with E-state index in [0.717, 1.165) is 17.8 Å². The molecular weight excluding hydrogens is 354 g/mol. The van der Waals surface area contributed by atoms with Crippen LogP contribution in [0.4, 0.5) is 16.4 Å². The molecule has 7 nitrogen and oxygen atoms in total. The highest BCUT2D eigenvalue weighted by Gasteiger charge is 2.22. The second-order valence-corrected chi connectivity index (χ2v) is 6.44. The number of hydrogen-bond acceptors (Lipinski definition) is 5. The first-order valence-corrected chi connectivity index (χ1v) is 8.99. The largest absolute Gasteiger partial charge is 0.377 e. The van der Waals surface area contributed by atoms with Gasteiger partial charge in [0, 0.05) is 30.4 Å². The van der Waals surface area contributed by atoms with Crippen LogP contribution in [0.15, 0.2) is 30.3 Å². The van der Waals surface area contributed by atoms with E-state index in [4.69, 9.17) is 16.3 Å². The maximum Gasteiger partial charge on any atom is 0.319 e. The number of carbonyl (C=O) groups is 1. The van der Waals surface area contributed by atoms with Gasteiger partial charge in [-0.2, -0.15) is 0 Å². The molecule has 2 amide bonds. The second-order valence-electron chi connectivity index (χ2n) is 6.06. The molecule has 2 aromatic rings. The van der Waals surface area contributed by atoms with Gasteiger partial charge in [0.2, 0.25) is 5.95 Å². The normalized spacial score (nSPS) is 17.0. The Kier molecular flexibility index (Phi) is 5.90. The molecule has 1 fully saturated rings. The maximum absolute atomic E-state index is 11.6. The number of hydrogen-bond donors (Lipinski definition) is 2. The SMILES string of the molecule is CCNC(=O)Nc1ccc(-c2cc(Cl)nc(N3CCOC[C@@H]3C)n2)cc1. The Hall–Kier alpha value is -2.38. The van der Waals surface area contributed by atoms with Crippen molar-refractivity contribution in [2.24, 2.45) is 0 Å². The van der Waals surface area contributed by atoms with Gasteiger partial charge in [0.1, 0.15) is 5.15 Å². The molecule has 3 rings (SSSR count). The molecule has 2 N–H and O–H groups in total. The van der Waals surface area contributed by atoms with Crippen LogP contribution in [0.2, 0.25) is 5.15 Å². The zero-order valence-electron chi connectivity index (χ0n) is 14.8. The number of nitrogens with zero attached hydrogens (tertiary/aromatic N) is 3. The van der Waals surface area contributed by atoms with Crippen LogP contribution >= 0.6 is 11.6 Å². The fourth-order valence-electron chi connectivity index (χ4n) is 2.77. The third-order valence-electron chi connectivity index (χ3n) is 4.08. The number of morpholine rings is 1. The summed E-state index contributed by atoms with van der Waals surface area (Å²) >= 11 is 6.23. The zero-order chi connectivity index (χ0) is 18.5. The number of anilines is 2. The van der Waals surface area contributed by atoms with Crippen LogP contribution < -0.4 is 15.5 Å². The molecule has 2 heterocycles. The van der Waals surface area contributed by atoms with Gasteiger partial charge < -0.3 is 20.3 Å². The van der Waals surface area contributed by atoms with Crippen molar-refractivity contribution in [2.75, 3.05) is 36.5 Å². The number of rotatable bonds is 4. The molecule has 0 bridgehead atoms. The Morgan fingerprint density at radius 1 is 1.35 bits per heavy atom. The summed E-state index contributed by atoms with van der Waals surface area (Å²) in [5.41, 5.74) is 2.35. The molecule has 0 spiro atoms. The monoisotopic (exact) mass is 375 g/mol. The van der Waals surface area contributed by atoms with E-state index in [1.54, 1.807) is 6.07 Å². The summed E-state index contributed by atoms with van der Waals surface area (Å²) in [4.78, 5) is 22.7. The minimum absolute atomic E-state index is 0.193. The lowest BCUT2D eigenvalue weighted by atomic mass is 10.1. The first kappa shape index (κ1) is 18.4. The topological polar surface area (TPSA) is 79.4 Å². The van der Waals surface area contributed by atoms with E-state index in [0.29, 0.717) is 36.5 Å². The van der Waals surface area contributed by atoms with Crippen molar-refractivity contribution in [1.29, 1.82) is 0 Å². The van der Waals surface area contributed by atoms with Gasteiger partial charge in [0.05, 0.1) is 24.9 Å². The van der Waals surface area contributed by atoms with E-state index in [9.17, 15) is 4.79 Å². The van der Waals surface area contributed by atoms with Gasteiger partial charge in [0.15, 0.2) is 0 Å². The van der Waals surface area contributed by atoms with Gasteiger partial charge in [-0.1, -0.05) is 23.7 Å². The summed E-state index contributed by atoms with van der Waals surface area (Å²) < 4.78 is 5.47. The first-order valence-electron chi connectivity index (χ1n) is 8.61. The van der Waals surface area contributed by atoms with E-state index in [-0.39, 0.29) is 12.1 Å². The number of aromatic nitrogens is 2. The van der Waals surface area contributed by atoms with Crippen molar-refractivity contribution in [2.45, 2.75) is 19.9 Å². The van der Waals surface area contributed by atoms with Crippen LogP contribution in [-0.2, 0) is 4.74 Å². The summed E-state index contributed by atoms with van der Waals surface area (Å²) in [5, 5.41) is 5.86. The fourth-order valence-corrected chi connectivity index (χ4v) is 2.95. The van der Waals surface area contributed by atoms with E-state index in [1.807, 2.05) is 31.2 Å². The third kappa shape index (κ3) is 4.42. The number of urea groups is 1. The number of amides is 2. The highest BCUT2D eigenvalue weighted by atomic mass is 35.5. The quantitative estimate of drug-likeness (QED) is 0.802. The molecule has 1 aromatic carbocycles. The third-order valence-corrected chi connectivity index (χ3v) is 4.28. The lowest BCUT2D eigenvalue weighted by Crippen LogP contribution is -2.44. The van der Waals surface area contributed by atoms with Crippen molar-refractivity contribution in [3.63, 3.8) is 0 Å². The van der Waals surface area contributed by atoms with Gasteiger partial charge in [-0.15, -0.1) is 0 Å². The lowest BCUT2D eigenvalue weighted by molar-refractivity contribution is 0.0981. The second kappa shape index (κ2) is 8.33. The fraction of sp³-hybridized carbons (Fsp3) is 0.389. The lowest BCUT2D eigenvalue weighted by Gasteiger charge is -2.33. The Morgan fingerprint density at radius 3 is 2.81 bits per heavy atom. The van der Waals surface area contributed by atoms with Crippen molar-refractivity contribution >= 4 is 29.3 Å². The number of carbonyl (C=O) groups excluding carboxylic acids is 1. The van der Waals surface area contributed by atoms with Crippen molar-refractivity contribution in [3.8, 4) is 11.3 Å². The standard InChI is InChI=1S/C18H22ClN5O2/c1-3-20-18(25)21-14-6-4-13(5-7-14)15-10-16(19)23-17(22-15)24-8-9-26-11-12(24)2/h4-7,10,12H,3,8-9,11H2,1-2H3,(H2,20,21,25)/t12-/m0/s1. The molecule has 1 aliphatic rings. The van der Waals surface area contributed by atoms with Crippen molar-refractivity contribution in [1.82, 2.24) is 15.3 Å². The molecular formula is C18H22ClN5O2. The predicted molar refractivity (Wildman–Crippen MR) is 103 cm³/mol. The first-order chi connectivity index (χ1) is 12.6. The Balaban J connectivity index is 1.81. The zero-order valence-corrected chi connectivity index (χ0v) is 15.6. The van der Waals surface area contributed by atoms with Gasteiger partial charge in [-0.3, -0.25) is 0 Å². The highest BCUT2D eigenvalue weighted by molar-refractivity contribution is 6.29. The number of benzene rings is 1. The van der Waals surface area contributed by atoms with E-state index in [1.165, 1.54) is 0 Å². The van der Waals surface area contributed by atoms with Crippen LogP contribution in [0.1, 0.15) is 13.8 Å². The average Bonchev–Trinajstić information content (AvgIpc) is 2.62. The number of ether oxygens (including phenoxy) is 1. The van der Waals surface area contributed by atoms with Gasteiger partial charge in [-0.05, 0) is 26.0 Å². The van der Waals surface area contributed by atoms with Gasteiger partial charge in [0.25, 0.3) is 0 Å². The molecule has 138 valence electrons.